The summed E-state index contributed by atoms with van der Waals surface area (Å²) in [6, 6.07) is 17.7. The fourth-order valence-corrected chi connectivity index (χ4v) is 6.04. The quantitative estimate of drug-likeness (QED) is 0.205. The van der Waals surface area contributed by atoms with E-state index >= 15 is 0 Å². The van der Waals surface area contributed by atoms with Gasteiger partial charge in [-0.3, -0.25) is 4.79 Å². The second-order valence-electron chi connectivity index (χ2n) is 9.60. The Bertz CT molecular complexity index is 1450. The molecular weight excluding hydrogens is 518 g/mol. The normalized spacial score (nSPS) is 18.4. The number of imidazole rings is 2. The standard InChI is InChI=1S/C29H28F2N6OS/c30-29(31)10-9-24(25(17-29)28(38)36-12-11-32)23-4-2-1-3-22(23)20-5-7-21(8-6-20)39-19-27-35-15-16-37(27)18-26-33-13-14-34-26/h1-8,13-16,24-25H,9-10,12,17-19H2,(H,33,34)(H,36,38). The van der Waals surface area contributed by atoms with Crippen LogP contribution in [0.2, 0.25) is 0 Å². The zero-order valence-electron chi connectivity index (χ0n) is 21.2. The van der Waals surface area contributed by atoms with Gasteiger partial charge in [-0.2, -0.15) is 5.26 Å². The molecule has 7 nitrogen and oxygen atoms in total. The van der Waals surface area contributed by atoms with Gasteiger partial charge in [0.25, 0.3) is 0 Å². The highest BCUT2D eigenvalue weighted by Crippen LogP contribution is 2.47. The van der Waals surface area contributed by atoms with Crippen LogP contribution in [0.3, 0.4) is 0 Å². The van der Waals surface area contributed by atoms with Gasteiger partial charge in [0.05, 0.1) is 24.3 Å². The number of hydrogen-bond donors (Lipinski definition) is 2. The highest BCUT2D eigenvalue weighted by Gasteiger charge is 2.45. The molecule has 2 aromatic heterocycles. The lowest BCUT2D eigenvalue weighted by atomic mass is 9.72. The topological polar surface area (TPSA) is 99.4 Å². The summed E-state index contributed by atoms with van der Waals surface area (Å²) in [6.45, 7) is 0.429. The van der Waals surface area contributed by atoms with Crippen molar-refractivity contribution in [3.8, 4) is 17.2 Å². The number of H-pyrrole nitrogens is 1. The van der Waals surface area contributed by atoms with E-state index in [-0.39, 0.29) is 25.3 Å². The number of amides is 1. The number of carbonyl (C=O) groups is 1. The van der Waals surface area contributed by atoms with Gasteiger partial charge < -0.3 is 14.9 Å². The molecule has 1 aliphatic rings. The largest absolute Gasteiger partial charge is 0.347 e. The Morgan fingerprint density at radius 1 is 1.18 bits per heavy atom. The molecule has 1 aliphatic carbocycles. The first-order valence-corrected chi connectivity index (χ1v) is 13.7. The van der Waals surface area contributed by atoms with E-state index in [0.29, 0.717) is 12.3 Å². The number of nitrogens with one attached hydrogen (secondary N) is 2. The molecule has 2 heterocycles. The van der Waals surface area contributed by atoms with Crippen LogP contribution in [0.15, 0.2) is 78.2 Å². The first kappa shape index (κ1) is 26.6. The van der Waals surface area contributed by atoms with Crippen LogP contribution in [0.5, 0.6) is 0 Å². The average molecular weight is 547 g/mol. The van der Waals surface area contributed by atoms with Crippen molar-refractivity contribution >= 4 is 17.7 Å². The number of alkyl halides is 2. The van der Waals surface area contributed by atoms with Gasteiger partial charge in [0.15, 0.2) is 0 Å². The monoisotopic (exact) mass is 546 g/mol. The summed E-state index contributed by atoms with van der Waals surface area (Å²) in [5.74, 6) is -2.14. The summed E-state index contributed by atoms with van der Waals surface area (Å²) >= 11 is 1.68. The van der Waals surface area contributed by atoms with Gasteiger partial charge in [0, 0.05) is 42.5 Å². The highest BCUT2D eigenvalue weighted by molar-refractivity contribution is 7.98. The van der Waals surface area contributed by atoms with Gasteiger partial charge in [-0.15, -0.1) is 11.8 Å². The van der Waals surface area contributed by atoms with E-state index in [1.807, 2.05) is 60.8 Å². The average Bonchev–Trinajstić information content (AvgIpc) is 3.63. The maximum absolute atomic E-state index is 14.3. The van der Waals surface area contributed by atoms with Gasteiger partial charge in [0.1, 0.15) is 18.2 Å². The Morgan fingerprint density at radius 2 is 2.00 bits per heavy atom. The number of rotatable bonds is 9. The third-order valence-corrected chi connectivity index (χ3v) is 8.08. The van der Waals surface area contributed by atoms with Crippen molar-refractivity contribution in [1.82, 2.24) is 24.8 Å². The van der Waals surface area contributed by atoms with Crippen molar-refractivity contribution in [1.29, 1.82) is 5.26 Å². The number of nitrogens with zero attached hydrogens (tertiary/aromatic N) is 4. The third-order valence-electron chi connectivity index (χ3n) is 7.07. The number of aromatic nitrogens is 4. The first-order chi connectivity index (χ1) is 18.9. The number of carbonyl (C=O) groups excluding carboxylic acids is 1. The van der Waals surface area contributed by atoms with Gasteiger partial charge in [-0.1, -0.05) is 36.4 Å². The van der Waals surface area contributed by atoms with Crippen molar-refractivity contribution in [2.24, 2.45) is 5.92 Å². The zero-order valence-corrected chi connectivity index (χ0v) is 22.0. The van der Waals surface area contributed by atoms with E-state index in [1.54, 1.807) is 30.4 Å². The molecule has 4 aromatic rings. The number of hydrogen-bond acceptors (Lipinski definition) is 5. The van der Waals surface area contributed by atoms with Crippen molar-refractivity contribution in [3.05, 3.63) is 90.5 Å². The lowest BCUT2D eigenvalue weighted by Crippen LogP contribution is -2.41. The summed E-state index contributed by atoms with van der Waals surface area (Å²) in [7, 11) is 0. The summed E-state index contributed by atoms with van der Waals surface area (Å²) in [5, 5.41) is 11.3. The second kappa shape index (κ2) is 11.8. The molecule has 0 saturated heterocycles. The fraction of sp³-hybridized carbons (Fsp3) is 0.310. The zero-order chi connectivity index (χ0) is 27.2. The van der Waals surface area contributed by atoms with Crippen LogP contribution >= 0.6 is 11.8 Å². The van der Waals surface area contributed by atoms with E-state index in [2.05, 4.69) is 24.8 Å². The second-order valence-corrected chi connectivity index (χ2v) is 10.6. The van der Waals surface area contributed by atoms with E-state index in [1.165, 1.54) is 0 Å². The molecule has 2 unspecified atom stereocenters. The fourth-order valence-electron chi connectivity index (χ4n) is 5.17. The Morgan fingerprint density at radius 3 is 2.77 bits per heavy atom. The van der Waals surface area contributed by atoms with Gasteiger partial charge in [-0.05, 0) is 41.2 Å². The molecule has 10 heteroatoms. The van der Waals surface area contributed by atoms with Crippen LogP contribution < -0.4 is 5.32 Å². The van der Waals surface area contributed by atoms with Crippen LogP contribution in [-0.4, -0.2) is 37.9 Å². The van der Waals surface area contributed by atoms with E-state index < -0.39 is 24.2 Å². The minimum atomic E-state index is -2.90. The van der Waals surface area contributed by atoms with Crippen molar-refractivity contribution in [2.75, 3.05) is 6.54 Å². The smallest absolute Gasteiger partial charge is 0.249 e. The molecule has 39 heavy (non-hydrogen) atoms. The molecule has 0 aliphatic heterocycles. The molecule has 1 fully saturated rings. The lowest BCUT2D eigenvalue weighted by Gasteiger charge is -2.36. The Balaban J connectivity index is 1.32. The summed E-state index contributed by atoms with van der Waals surface area (Å²) in [5.41, 5.74) is 2.77. The summed E-state index contributed by atoms with van der Waals surface area (Å²) in [6.07, 6.45) is 6.67. The van der Waals surface area contributed by atoms with Crippen LogP contribution in [0.4, 0.5) is 8.78 Å². The third kappa shape index (κ3) is 6.37. The Labute approximate surface area is 229 Å². The highest BCUT2D eigenvalue weighted by atomic mass is 32.2. The Kier molecular flexibility index (Phi) is 8.07. The number of nitriles is 1. The SMILES string of the molecule is N#CCNC(=O)C1CC(F)(F)CCC1c1ccccc1-c1ccc(SCc2nccn2Cc2ncc[nH]2)cc1. The van der Waals surface area contributed by atoms with Gasteiger partial charge in [-0.25, -0.2) is 18.7 Å². The number of thioether (sulfide) groups is 1. The maximum Gasteiger partial charge on any atom is 0.249 e. The van der Waals surface area contributed by atoms with Crippen LogP contribution in [-0.2, 0) is 17.1 Å². The molecule has 0 bridgehead atoms. The maximum atomic E-state index is 14.3. The Hall–Kier alpha value is -3.97. The molecule has 0 radical (unpaired) electrons. The van der Waals surface area contributed by atoms with Crippen molar-refractivity contribution in [3.63, 3.8) is 0 Å². The molecule has 200 valence electrons. The first-order valence-electron chi connectivity index (χ1n) is 12.8. The molecule has 1 saturated carbocycles. The van der Waals surface area contributed by atoms with E-state index in [0.717, 1.165) is 33.2 Å². The van der Waals surface area contributed by atoms with Crippen molar-refractivity contribution in [2.45, 2.75) is 48.3 Å². The molecular formula is C29H28F2N6OS. The van der Waals surface area contributed by atoms with Gasteiger partial charge in [0.2, 0.25) is 11.8 Å². The minimum Gasteiger partial charge on any atom is -0.347 e. The molecule has 2 N–H and O–H groups in total. The molecule has 1 amide bonds. The number of aromatic amines is 1. The number of halogens is 2. The van der Waals surface area contributed by atoms with Crippen molar-refractivity contribution < 1.29 is 13.6 Å². The predicted molar refractivity (Wildman–Crippen MR) is 145 cm³/mol. The molecule has 2 aromatic carbocycles. The molecule has 5 rings (SSSR count). The summed E-state index contributed by atoms with van der Waals surface area (Å²) < 4.78 is 30.7. The lowest BCUT2D eigenvalue weighted by molar-refractivity contribution is -0.133. The number of benzene rings is 2. The minimum absolute atomic E-state index is 0.197. The van der Waals surface area contributed by atoms with E-state index in [4.69, 9.17) is 5.26 Å². The predicted octanol–water partition coefficient (Wildman–Crippen LogP) is 5.77. The van der Waals surface area contributed by atoms with Crippen LogP contribution in [0.1, 0.15) is 42.4 Å². The molecule has 2 atom stereocenters. The van der Waals surface area contributed by atoms with E-state index in [9.17, 15) is 13.6 Å². The van der Waals surface area contributed by atoms with Crippen LogP contribution in [0, 0.1) is 17.2 Å². The van der Waals surface area contributed by atoms with Gasteiger partial charge >= 0.3 is 0 Å². The summed E-state index contributed by atoms with van der Waals surface area (Å²) in [4.78, 5) is 25.7. The molecule has 0 spiro atoms. The van der Waals surface area contributed by atoms with Crippen LogP contribution in [0.25, 0.3) is 11.1 Å².